The summed E-state index contributed by atoms with van der Waals surface area (Å²) in [5.41, 5.74) is 3.35. The monoisotopic (exact) mass is 369 g/mol. The van der Waals surface area contributed by atoms with Gasteiger partial charge in [0.2, 0.25) is 5.91 Å². The summed E-state index contributed by atoms with van der Waals surface area (Å²) < 4.78 is 1.57. The van der Waals surface area contributed by atoms with Crippen LogP contribution in [-0.4, -0.2) is 16.4 Å². The van der Waals surface area contributed by atoms with Crippen molar-refractivity contribution in [1.29, 1.82) is 0 Å². The van der Waals surface area contributed by atoms with E-state index >= 15 is 0 Å². The van der Waals surface area contributed by atoms with Gasteiger partial charge in [-0.15, -0.1) is 0 Å². The summed E-state index contributed by atoms with van der Waals surface area (Å²) in [4.78, 5) is 37.4. The predicted molar refractivity (Wildman–Crippen MR) is 108 cm³/mol. The minimum absolute atomic E-state index is 0.0956. The first-order chi connectivity index (χ1) is 12.6. The van der Waals surface area contributed by atoms with E-state index in [-0.39, 0.29) is 22.9 Å². The second kappa shape index (κ2) is 8.20. The Balaban J connectivity index is 2.34. The molecule has 0 fully saturated rings. The summed E-state index contributed by atoms with van der Waals surface area (Å²) in [5, 5.41) is 5.63. The van der Waals surface area contributed by atoms with Gasteiger partial charge in [0.15, 0.2) is 0 Å². The lowest BCUT2D eigenvalue weighted by atomic mass is 10.1. The molecule has 2 aromatic rings. The van der Waals surface area contributed by atoms with Crippen molar-refractivity contribution >= 4 is 23.2 Å². The molecule has 0 unspecified atom stereocenters. The van der Waals surface area contributed by atoms with E-state index < -0.39 is 5.91 Å². The normalized spacial score (nSPS) is 10.8. The highest BCUT2D eigenvalue weighted by molar-refractivity contribution is 6.05. The third kappa shape index (κ3) is 4.45. The van der Waals surface area contributed by atoms with Gasteiger partial charge in [-0.2, -0.15) is 0 Å². The summed E-state index contributed by atoms with van der Waals surface area (Å²) in [5.74, 6) is -0.697. The molecular weight excluding hydrogens is 342 g/mol. The second-order valence-corrected chi connectivity index (χ2v) is 7.02. The third-order valence-corrected chi connectivity index (χ3v) is 4.53. The topological polar surface area (TPSA) is 80.2 Å². The summed E-state index contributed by atoms with van der Waals surface area (Å²) in [7, 11) is 0. The molecule has 0 aliphatic rings. The number of nitrogens with zero attached hydrogens (tertiary/aromatic N) is 1. The van der Waals surface area contributed by atoms with Gasteiger partial charge in [0.05, 0.1) is 0 Å². The number of benzene rings is 1. The average molecular weight is 369 g/mol. The summed E-state index contributed by atoms with van der Waals surface area (Å²) in [6, 6.07) is 7.11. The van der Waals surface area contributed by atoms with Gasteiger partial charge in [-0.3, -0.25) is 14.4 Å². The highest BCUT2D eigenvalue weighted by Crippen LogP contribution is 2.21. The highest BCUT2D eigenvalue weighted by Gasteiger charge is 2.18. The number of pyridine rings is 1. The Hall–Kier alpha value is -2.89. The maximum atomic E-state index is 12.8. The first-order valence-electron chi connectivity index (χ1n) is 9.09. The quantitative estimate of drug-likeness (QED) is 0.844. The zero-order valence-corrected chi connectivity index (χ0v) is 16.8. The zero-order chi connectivity index (χ0) is 20.3. The number of aromatic nitrogens is 1. The number of hydrogen-bond acceptors (Lipinski definition) is 3. The van der Waals surface area contributed by atoms with Gasteiger partial charge in [-0.1, -0.05) is 19.9 Å². The molecule has 27 heavy (non-hydrogen) atoms. The van der Waals surface area contributed by atoms with Gasteiger partial charge in [0.25, 0.3) is 11.5 Å². The molecule has 0 aliphatic heterocycles. The molecule has 0 aliphatic carbocycles. The van der Waals surface area contributed by atoms with Crippen molar-refractivity contribution in [2.45, 2.75) is 48.1 Å². The molecule has 1 aromatic carbocycles. The van der Waals surface area contributed by atoms with E-state index in [1.165, 1.54) is 0 Å². The van der Waals surface area contributed by atoms with Crippen LogP contribution >= 0.6 is 0 Å². The number of rotatable bonds is 5. The van der Waals surface area contributed by atoms with Crippen LogP contribution in [0.3, 0.4) is 0 Å². The maximum Gasteiger partial charge on any atom is 0.263 e. The van der Waals surface area contributed by atoms with Gasteiger partial charge < -0.3 is 15.2 Å². The largest absolute Gasteiger partial charge is 0.326 e. The van der Waals surface area contributed by atoms with E-state index in [0.717, 1.165) is 11.3 Å². The summed E-state index contributed by atoms with van der Waals surface area (Å²) in [6.45, 7) is 11.5. The van der Waals surface area contributed by atoms with Crippen LogP contribution in [0, 0.1) is 26.7 Å². The Labute approximate surface area is 159 Å². The number of aryl methyl sites for hydroxylation is 3. The van der Waals surface area contributed by atoms with Gasteiger partial charge in [-0.25, -0.2) is 0 Å². The molecule has 1 aromatic heterocycles. The second-order valence-electron chi connectivity index (χ2n) is 7.02. The van der Waals surface area contributed by atoms with E-state index in [4.69, 9.17) is 0 Å². The van der Waals surface area contributed by atoms with Gasteiger partial charge in [0.1, 0.15) is 5.56 Å². The zero-order valence-electron chi connectivity index (χ0n) is 16.8. The van der Waals surface area contributed by atoms with Crippen LogP contribution in [0.5, 0.6) is 0 Å². The number of anilines is 2. The van der Waals surface area contributed by atoms with E-state index in [1.807, 2.05) is 46.8 Å². The minimum Gasteiger partial charge on any atom is -0.326 e. The maximum absolute atomic E-state index is 12.8. The number of carbonyl (C=O) groups is 2. The standard InChI is InChI=1S/C21H27N3O3/c1-7-24-15(6)10-14(5)18(21(24)27)20(26)22-16-9-8-13(4)17(11-16)23-19(25)12(2)3/h8-12H,7H2,1-6H3,(H,22,26)(H,23,25). The molecule has 144 valence electrons. The van der Waals surface area contributed by atoms with Gasteiger partial charge >= 0.3 is 0 Å². The smallest absolute Gasteiger partial charge is 0.263 e. The molecule has 0 saturated heterocycles. The van der Waals surface area contributed by atoms with Crippen molar-refractivity contribution in [2.75, 3.05) is 10.6 Å². The van der Waals surface area contributed by atoms with Crippen LogP contribution in [0.1, 0.15) is 48.0 Å². The molecule has 6 nitrogen and oxygen atoms in total. The Kier molecular flexibility index (Phi) is 6.20. The first-order valence-corrected chi connectivity index (χ1v) is 9.09. The van der Waals surface area contributed by atoms with E-state index in [2.05, 4.69) is 10.6 Å². The van der Waals surface area contributed by atoms with Crippen LogP contribution in [0.4, 0.5) is 11.4 Å². The van der Waals surface area contributed by atoms with Crippen LogP contribution in [0.25, 0.3) is 0 Å². The van der Waals surface area contributed by atoms with Crippen LogP contribution in [0.2, 0.25) is 0 Å². The van der Waals surface area contributed by atoms with Crippen LogP contribution in [-0.2, 0) is 11.3 Å². The molecule has 2 N–H and O–H groups in total. The third-order valence-electron chi connectivity index (χ3n) is 4.53. The molecule has 2 amide bonds. The highest BCUT2D eigenvalue weighted by atomic mass is 16.2. The number of amides is 2. The van der Waals surface area contributed by atoms with Gasteiger partial charge in [-0.05, 0) is 57.0 Å². The van der Waals surface area contributed by atoms with Gasteiger partial charge in [0, 0.05) is 29.5 Å². The molecule has 0 atom stereocenters. The fourth-order valence-corrected chi connectivity index (χ4v) is 2.90. The van der Waals surface area contributed by atoms with Crippen LogP contribution in [0.15, 0.2) is 29.1 Å². The Morgan fingerprint density at radius 1 is 1.04 bits per heavy atom. The van der Waals surface area contributed by atoms with Crippen LogP contribution < -0.4 is 16.2 Å². The fourth-order valence-electron chi connectivity index (χ4n) is 2.90. The number of nitrogens with one attached hydrogen (secondary N) is 2. The van der Waals surface area contributed by atoms with E-state index in [0.29, 0.717) is 23.5 Å². The number of hydrogen-bond donors (Lipinski definition) is 2. The fraction of sp³-hybridized carbons (Fsp3) is 0.381. The molecule has 2 rings (SSSR count). The summed E-state index contributed by atoms with van der Waals surface area (Å²) in [6.07, 6.45) is 0. The molecule has 6 heteroatoms. The lowest BCUT2D eigenvalue weighted by Crippen LogP contribution is -2.31. The van der Waals surface area contributed by atoms with Crippen molar-refractivity contribution in [1.82, 2.24) is 4.57 Å². The SMILES string of the molecule is CCn1c(C)cc(C)c(C(=O)Nc2ccc(C)c(NC(=O)C(C)C)c2)c1=O. The molecule has 0 radical (unpaired) electrons. The Morgan fingerprint density at radius 3 is 2.30 bits per heavy atom. The Morgan fingerprint density at radius 2 is 1.70 bits per heavy atom. The van der Waals surface area contributed by atoms with Crippen molar-refractivity contribution in [3.05, 3.63) is 57.0 Å². The summed E-state index contributed by atoms with van der Waals surface area (Å²) >= 11 is 0. The van der Waals surface area contributed by atoms with Crippen molar-refractivity contribution in [3.8, 4) is 0 Å². The molecule has 0 spiro atoms. The molecular formula is C21H27N3O3. The Bertz CT molecular complexity index is 942. The average Bonchev–Trinajstić information content (AvgIpc) is 2.57. The lowest BCUT2D eigenvalue weighted by molar-refractivity contribution is -0.118. The molecule has 1 heterocycles. The van der Waals surface area contributed by atoms with Crippen molar-refractivity contribution < 1.29 is 9.59 Å². The lowest BCUT2D eigenvalue weighted by Gasteiger charge is -2.15. The van der Waals surface area contributed by atoms with E-state index in [9.17, 15) is 14.4 Å². The molecule has 0 saturated carbocycles. The van der Waals surface area contributed by atoms with E-state index in [1.54, 1.807) is 23.6 Å². The van der Waals surface area contributed by atoms with Crippen molar-refractivity contribution in [3.63, 3.8) is 0 Å². The minimum atomic E-state index is -0.454. The number of carbonyl (C=O) groups excluding carboxylic acids is 2. The predicted octanol–water partition coefficient (Wildman–Crippen LogP) is 3.64. The first kappa shape index (κ1) is 20.4. The molecule has 0 bridgehead atoms. The van der Waals surface area contributed by atoms with Crippen molar-refractivity contribution in [2.24, 2.45) is 5.92 Å².